The second-order valence-corrected chi connectivity index (χ2v) is 3.48. The first-order valence-electron chi connectivity index (χ1n) is 4.85. The van der Waals surface area contributed by atoms with Crippen molar-refractivity contribution in [1.82, 2.24) is 30.0 Å². The van der Waals surface area contributed by atoms with Gasteiger partial charge in [-0.3, -0.25) is 4.40 Å². The Labute approximate surface area is 98.7 Å². The number of rotatable bonds is 2. The number of carboxylic acid groups (broad SMARTS) is 1. The van der Waals surface area contributed by atoms with Gasteiger partial charge in [-0.05, 0) is 22.6 Å². The van der Waals surface area contributed by atoms with Crippen LogP contribution in [0.1, 0.15) is 10.5 Å². The topological polar surface area (TPSA) is 129 Å². The summed E-state index contributed by atoms with van der Waals surface area (Å²) in [5, 5.41) is 31.7. The van der Waals surface area contributed by atoms with Crippen molar-refractivity contribution in [1.29, 1.82) is 0 Å². The van der Waals surface area contributed by atoms with Gasteiger partial charge in [-0.1, -0.05) is 0 Å². The lowest BCUT2D eigenvalue weighted by Gasteiger charge is -2.03. The lowest BCUT2D eigenvalue weighted by atomic mass is 10.3. The largest absolute Gasteiger partial charge is 0.506 e. The number of carboxylic acids is 1. The first kappa shape index (κ1) is 10.2. The summed E-state index contributed by atoms with van der Waals surface area (Å²) in [6.07, 6.45) is 1.29. The Kier molecular flexibility index (Phi) is 1.99. The Balaban J connectivity index is 2.35. The van der Waals surface area contributed by atoms with Crippen molar-refractivity contribution in [3.63, 3.8) is 0 Å². The van der Waals surface area contributed by atoms with Crippen LogP contribution in [-0.2, 0) is 0 Å². The van der Waals surface area contributed by atoms with Gasteiger partial charge in [0.1, 0.15) is 17.1 Å². The predicted molar refractivity (Wildman–Crippen MR) is 57.0 cm³/mol. The summed E-state index contributed by atoms with van der Waals surface area (Å²) in [7, 11) is 0. The van der Waals surface area contributed by atoms with Crippen LogP contribution in [0.3, 0.4) is 0 Å². The lowest BCUT2D eigenvalue weighted by molar-refractivity contribution is 0.0691. The SMILES string of the molecule is O=C(O)c1cn2c(-c3nnn[nH]3)c(O)ccc2n1. The summed E-state index contributed by atoms with van der Waals surface area (Å²) < 4.78 is 1.40. The van der Waals surface area contributed by atoms with Gasteiger partial charge < -0.3 is 10.2 Å². The van der Waals surface area contributed by atoms with E-state index in [2.05, 4.69) is 25.6 Å². The molecule has 9 heteroatoms. The highest BCUT2D eigenvalue weighted by Gasteiger charge is 2.16. The van der Waals surface area contributed by atoms with Gasteiger partial charge >= 0.3 is 5.97 Å². The molecule has 0 aromatic carbocycles. The van der Waals surface area contributed by atoms with E-state index in [-0.39, 0.29) is 23.0 Å². The van der Waals surface area contributed by atoms with Gasteiger partial charge in [0.2, 0.25) is 0 Å². The Morgan fingerprint density at radius 2 is 2.22 bits per heavy atom. The number of aromatic carboxylic acids is 1. The van der Waals surface area contributed by atoms with Gasteiger partial charge in [0.05, 0.1) is 0 Å². The first-order chi connectivity index (χ1) is 8.66. The van der Waals surface area contributed by atoms with Crippen molar-refractivity contribution >= 4 is 11.6 Å². The summed E-state index contributed by atoms with van der Waals surface area (Å²) in [4.78, 5) is 14.8. The van der Waals surface area contributed by atoms with Gasteiger partial charge in [0.15, 0.2) is 11.5 Å². The highest BCUT2D eigenvalue weighted by atomic mass is 16.4. The molecule has 0 radical (unpaired) electrons. The number of nitrogens with zero attached hydrogens (tertiary/aromatic N) is 5. The molecule has 3 rings (SSSR count). The number of aromatic amines is 1. The molecule has 3 heterocycles. The summed E-state index contributed by atoms with van der Waals surface area (Å²) in [5.74, 6) is -1.03. The normalized spacial score (nSPS) is 10.9. The molecule has 3 N–H and O–H groups in total. The number of nitrogens with one attached hydrogen (secondary N) is 1. The van der Waals surface area contributed by atoms with Crippen LogP contribution in [0, 0.1) is 0 Å². The number of hydrogen-bond acceptors (Lipinski definition) is 6. The van der Waals surface area contributed by atoms with Gasteiger partial charge in [0, 0.05) is 6.20 Å². The van der Waals surface area contributed by atoms with Crippen LogP contribution >= 0.6 is 0 Å². The number of aromatic hydroxyl groups is 1. The van der Waals surface area contributed by atoms with Gasteiger partial charge in [-0.15, -0.1) is 5.10 Å². The maximum Gasteiger partial charge on any atom is 0.356 e. The number of tetrazole rings is 1. The molecular formula is C9H6N6O3. The molecule has 0 aliphatic rings. The number of fused-ring (bicyclic) bond motifs is 1. The molecule has 0 fully saturated rings. The maximum absolute atomic E-state index is 10.9. The van der Waals surface area contributed by atoms with Crippen molar-refractivity contribution in [2.24, 2.45) is 0 Å². The average Bonchev–Trinajstić information content (AvgIpc) is 2.96. The van der Waals surface area contributed by atoms with E-state index in [0.717, 1.165) is 0 Å². The molecule has 9 nitrogen and oxygen atoms in total. The highest BCUT2D eigenvalue weighted by molar-refractivity contribution is 5.86. The van der Waals surface area contributed by atoms with Crippen LogP contribution in [0.2, 0.25) is 0 Å². The first-order valence-corrected chi connectivity index (χ1v) is 4.85. The molecule has 3 aromatic rings. The van der Waals surface area contributed by atoms with E-state index in [1.807, 2.05) is 0 Å². The highest BCUT2D eigenvalue weighted by Crippen LogP contribution is 2.27. The van der Waals surface area contributed by atoms with E-state index in [0.29, 0.717) is 5.65 Å². The fourth-order valence-corrected chi connectivity index (χ4v) is 1.64. The van der Waals surface area contributed by atoms with E-state index in [9.17, 15) is 9.90 Å². The zero-order valence-corrected chi connectivity index (χ0v) is 8.77. The zero-order chi connectivity index (χ0) is 12.7. The summed E-state index contributed by atoms with van der Waals surface area (Å²) >= 11 is 0. The molecule has 3 aromatic heterocycles. The number of aromatic nitrogens is 6. The van der Waals surface area contributed by atoms with Crippen LogP contribution in [0.5, 0.6) is 5.75 Å². The van der Waals surface area contributed by atoms with Gasteiger partial charge in [0.25, 0.3) is 0 Å². The monoisotopic (exact) mass is 246 g/mol. The van der Waals surface area contributed by atoms with E-state index in [1.165, 1.54) is 22.7 Å². The molecule has 0 unspecified atom stereocenters. The van der Waals surface area contributed by atoms with Crippen molar-refractivity contribution in [3.05, 3.63) is 24.0 Å². The quantitative estimate of drug-likeness (QED) is 0.576. The molecule has 0 saturated heterocycles. The molecular weight excluding hydrogens is 240 g/mol. The summed E-state index contributed by atoms with van der Waals surface area (Å²) in [6, 6.07) is 2.89. The Bertz CT molecular complexity index is 732. The third-order valence-electron chi connectivity index (χ3n) is 2.40. The smallest absolute Gasteiger partial charge is 0.356 e. The number of carbonyl (C=O) groups is 1. The number of hydrogen-bond donors (Lipinski definition) is 3. The minimum absolute atomic E-state index is 0.0876. The van der Waals surface area contributed by atoms with E-state index < -0.39 is 5.97 Å². The molecule has 0 saturated carbocycles. The number of pyridine rings is 1. The predicted octanol–water partition coefficient (Wildman–Crippen LogP) is -0.0818. The number of H-pyrrole nitrogens is 1. The van der Waals surface area contributed by atoms with Crippen LogP contribution in [0.15, 0.2) is 18.3 Å². The van der Waals surface area contributed by atoms with Crippen LogP contribution < -0.4 is 0 Å². The molecule has 90 valence electrons. The van der Waals surface area contributed by atoms with Crippen LogP contribution in [0.25, 0.3) is 17.2 Å². The second-order valence-electron chi connectivity index (χ2n) is 3.48. The third kappa shape index (κ3) is 1.38. The standard InChI is InChI=1S/C9H6N6O3/c16-5-1-2-6-10-4(9(17)18)3-15(6)7(5)8-11-13-14-12-8/h1-3,16H,(H,17,18)(H,11,12,13,14). The fraction of sp³-hybridized carbons (Fsp3) is 0. The lowest BCUT2D eigenvalue weighted by Crippen LogP contribution is -1.95. The van der Waals surface area contributed by atoms with E-state index >= 15 is 0 Å². The second kappa shape index (κ2) is 3.52. The van der Waals surface area contributed by atoms with Crippen molar-refractivity contribution in [3.8, 4) is 17.3 Å². The summed E-state index contributed by atoms with van der Waals surface area (Å²) in [6.45, 7) is 0. The van der Waals surface area contributed by atoms with Crippen molar-refractivity contribution in [2.45, 2.75) is 0 Å². The van der Waals surface area contributed by atoms with Gasteiger partial charge in [-0.25, -0.2) is 14.9 Å². The molecule has 0 aliphatic carbocycles. The maximum atomic E-state index is 10.9. The molecule has 0 spiro atoms. The fourth-order valence-electron chi connectivity index (χ4n) is 1.64. The summed E-state index contributed by atoms with van der Waals surface area (Å²) in [5.41, 5.74) is 0.489. The van der Waals surface area contributed by atoms with Crippen molar-refractivity contribution < 1.29 is 15.0 Å². The molecule has 18 heavy (non-hydrogen) atoms. The zero-order valence-electron chi connectivity index (χ0n) is 8.77. The molecule has 0 bridgehead atoms. The molecule has 0 amide bonds. The average molecular weight is 246 g/mol. The van der Waals surface area contributed by atoms with Crippen LogP contribution in [-0.4, -0.2) is 46.2 Å². The van der Waals surface area contributed by atoms with Crippen molar-refractivity contribution in [2.75, 3.05) is 0 Å². The Morgan fingerprint density at radius 3 is 2.89 bits per heavy atom. The Morgan fingerprint density at radius 1 is 1.39 bits per heavy atom. The number of imidazole rings is 1. The minimum atomic E-state index is -1.15. The van der Waals surface area contributed by atoms with E-state index in [1.54, 1.807) is 0 Å². The Hall–Kier alpha value is -2.97. The van der Waals surface area contributed by atoms with Gasteiger partial charge in [-0.2, -0.15) is 0 Å². The minimum Gasteiger partial charge on any atom is -0.506 e. The molecule has 0 aliphatic heterocycles. The molecule has 0 atom stereocenters. The van der Waals surface area contributed by atoms with E-state index in [4.69, 9.17) is 5.11 Å². The third-order valence-corrected chi connectivity index (χ3v) is 2.40. The van der Waals surface area contributed by atoms with Crippen LogP contribution in [0.4, 0.5) is 0 Å².